The molecular weight excluding hydrogens is 264 g/mol. The van der Waals surface area contributed by atoms with Crippen LogP contribution in [0.4, 0.5) is 0 Å². The third kappa shape index (κ3) is 3.28. The van der Waals surface area contributed by atoms with Crippen LogP contribution >= 0.6 is 11.3 Å². The Hall–Kier alpha value is -1.19. The molecule has 0 aliphatic rings. The fourth-order valence-corrected chi connectivity index (χ4v) is 3.55. The van der Waals surface area contributed by atoms with Gasteiger partial charge in [-0.05, 0) is 26.5 Å². The normalized spacial score (nSPS) is 13.5. The van der Waals surface area contributed by atoms with E-state index in [0.29, 0.717) is 0 Å². The number of nitrogens with one attached hydrogen (secondary N) is 1. The van der Waals surface area contributed by atoms with E-state index in [1.165, 1.54) is 22.4 Å². The molecule has 2 nitrogen and oxygen atoms in total. The van der Waals surface area contributed by atoms with Gasteiger partial charge in [0, 0.05) is 10.8 Å². The summed E-state index contributed by atoms with van der Waals surface area (Å²) < 4.78 is 0. The van der Waals surface area contributed by atoms with Gasteiger partial charge in [-0.2, -0.15) is 0 Å². The van der Waals surface area contributed by atoms with Gasteiger partial charge in [0.15, 0.2) is 0 Å². The van der Waals surface area contributed by atoms with Crippen LogP contribution in [0, 0.1) is 13.8 Å². The second-order valence-corrected chi connectivity index (χ2v) is 7.35. The first kappa shape index (κ1) is 15.2. The number of aromatic nitrogens is 1. The molecule has 0 saturated heterocycles. The molecule has 1 atom stereocenters. The Morgan fingerprint density at radius 1 is 1.10 bits per heavy atom. The van der Waals surface area contributed by atoms with Gasteiger partial charge >= 0.3 is 0 Å². The van der Waals surface area contributed by atoms with E-state index in [2.05, 4.69) is 63.5 Å². The minimum absolute atomic E-state index is 0.107. The van der Waals surface area contributed by atoms with Crippen LogP contribution in [0.5, 0.6) is 0 Å². The third-order valence-electron chi connectivity index (χ3n) is 3.40. The van der Waals surface area contributed by atoms with Crippen molar-refractivity contribution in [2.45, 2.75) is 46.1 Å². The van der Waals surface area contributed by atoms with Crippen molar-refractivity contribution in [3.05, 3.63) is 51.0 Å². The van der Waals surface area contributed by atoms with Crippen molar-refractivity contribution < 1.29 is 0 Å². The molecule has 2 rings (SSSR count). The predicted molar refractivity (Wildman–Crippen MR) is 87.6 cm³/mol. The van der Waals surface area contributed by atoms with Gasteiger partial charge in [0.05, 0.1) is 11.7 Å². The number of nitrogens with zero attached hydrogens (tertiary/aromatic N) is 1. The van der Waals surface area contributed by atoms with Crippen molar-refractivity contribution in [3.8, 4) is 0 Å². The molecule has 1 unspecified atom stereocenters. The largest absolute Gasteiger partial charge is 0.307 e. The van der Waals surface area contributed by atoms with E-state index in [1.807, 2.05) is 7.05 Å². The minimum atomic E-state index is 0.107. The Labute approximate surface area is 126 Å². The van der Waals surface area contributed by atoms with Crippen molar-refractivity contribution in [2.75, 3.05) is 7.05 Å². The smallest absolute Gasteiger partial charge is 0.114 e. The Balaban J connectivity index is 2.39. The fraction of sp³-hybridized carbons (Fsp3) is 0.471. The first-order valence-corrected chi connectivity index (χ1v) is 7.90. The van der Waals surface area contributed by atoms with E-state index in [1.54, 1.807) is 11.3 Å². The van der Waals surface area contributed by atoms with Crippen molar-refractivity contribution in [2.24, 2.45) is 0 Å². The van der Waals surface area contributed by atoms with Gasteiger partial charge in [-0.25, -0.2) is 4.98 Å². The summed E-state index contributed by atoms with van der Waals surface area (Å²) in [5.74, 6) is 0. The first-order chi connectivity index (χ1) is 9.31. The lowest BCUT2D eigenvalue weighted by Gasteiger charge is -2.17. The molecule has 108 valence electrons. The highest BCUT2D eigenvalue weighted by atomic mass is 32.1. The second kappa shape index (κ2) is 5.66. The monoisotopic (exact) mass is 288 g/mol. The van der Waals surface area contributed by atoms with Crippen LogP contribution in [0.25, 0.3) is 0 Å². The summed E-state index contributed by atoms with van der Waals surface area (Å²) in [6, 6.07) is 6.87. The molecule has 1 heterocycles. The number of aryl methyl sites for hydroxylation is 2. The lowest BCUT2D eigenvalue weighted by Crippen LogP contribution is -2.19. The van der Waals surface area contributed by atoms with Crippen LogP contribution < -0.4 is 5.32 Å². The SMILES string of the molecule is CNC(c1cc(C)cc(C)c1)c1nc(C(C)(C)C)cs1. The quantitative estimate of drug-likeness (QED) is 0.907. The summed E-state index contributed by atoms with van der Waals surface area (Å²) in [4.78, 5) is 4.84. The fourth-order valence-electron chi connectivity index (χ4n) is 2.37. The third-order valence-corrected chi connectivity index (χ3v) is 4.31. The van der Waals surface area contributed by atoms with E-state index in [-0.39, 0.29) is 11.5 Å². The summed E-state index contributed by atoms with van der Waals surface area (Å²) >= 11 is 1.74. The zero-order chi connectivity index (χ0) is 14.9. The average molecular weight is 288 g/mol. The number of hydrogen-bond acceptors (Lipinski definition) is 3. The summed E-state index contributed by atoms with van der Waals surface area (Å²) in [6.07, 6.45) is 0. The molecule has 3 heteroatoms. The predicted octanol–water partition coefficient (Wildman–Crippen LogP) is 4.37. The number of thiazole rings is 1. The van der Waals surface area contributed by atoms with E-state index in [0.717, 1.165) is 5.01 Å². The molecule has 0 spiro atoms. The molecule has 0 radical (unpaired) electrons. The van der Waals surface area contributed by atoms with Crippen molar-refractivity contribution in [1.82, 2.24) is 10.3 Å². The van der Waals surface area contributed by atoms with Gasteiger partial charge in [-0.1, -0.05) is 50.1 Å². The van der Waals surface area contributed by atoms with Crippen LogP contribution in [0.2, 0.25) is 0 Å². The number of rotatable bonds is 3. The minimum Gasteiger partial charge on any atom is -0.307 e. The van der Waals surface area contributed by atoms with Crippen molar-refractivity contribution >= 4 is 11.3 Å². The van der Waals surface area contributed by atoms with E-state index < -0.39 is 0 Å². The highest BCUT2D eigenvalue weighted by Gasteiger charge is 2.21. The molecule has 0 saturated carbocycles. The van der Waals surface area contributed by atoms with Crippen LogP contribution in [0.3, 0.4) is 0 Å². The standard InChI is InChI=1S/C17H24N2S/c1-11-7-12(2)9-13(8-11)15(18-6)16-19-14(10-20-16)17(3,4)5/h7-10,15,18H,1-6H3. The Morgan fingerprint density at radius 2 is 1.70 bits per heavy atom. The maximum absolute atomic E-state index is 4.84. The van der Waals surface area contributed by atoms with Crippen LogP contribution in [-0.4, -0.2) is 12.0 Å². The summed E-state index contributed by atoms with van der Waals surface area (Å²) in [6.45, 7) is 10.9. The first-order valence-electron chi connectivity index (χ1n) is 7.02. The molecule has 0 aliphatic heterocycles. The zero-order valence-electron chi connectivity index (χ0n) is 13.2. The molecule has 1 N–H and O–H groups in total. The van der Waals surface area contributed by atoms with Crippen LogP contribution in [-0.2, 0) is 5.41 Å². The average Bonchev–Trinajstić information content (AvgIpc) is 2.77. The zero-order valence-corrected chi connectivity index (χ0v) is 14.1. The molecule has 1 aromatic carbocycles. The molecule has 1 aromatic heterocycles. The maximum atomic E-state index is 4.84. The van der Waals surface area contributed by atoms with Gasteiger partial charge in [-0.15, -0.1) is 11.3 Å². The van der Waals surface area contributed by atoms with Crippen LogP contribution in [0.15, 0.2) is 23.6 Å². The number of benzene rings is 1. The second-order valence-electron chi connectivity index (χ2n) is 6.46. The molecule has 0 aliphatic carbocycles. The van der Waals surface area contributed by atoms with Gasteiger partial charge in [0.1, 0.15) is 5.01 Å². The van der Waals surface area contributed by atoms with Gasteiger partial charge in [0.2, 0.25) is 0 Å². The van der Waals surface area contributed by atoms with Crippen LogP contribution in [0.1, 0.15) is 54.2 Å². The number of hydrogen-bond donors (Lipinski definition) is 1. The maximum Gasteiger partial charge on any atom is 0.114 e. The van der Waals surface area contributed by atoms with Gasteiger partial charge < -0.3 is 5.32 Å². The van der Waals surface area contributed by atoms with E-state index in [4.69, 9.17) is 4.98 Å². The molecular formula is C17H24N2S. The molecule has 20 heavy (non-hydrogen) atoms. The molecule has 2 aromatic rings. The van der Waals surface area contributed by atoms with Gasteiger partial charge in [0.25, 0.3) is 0 Å². The molecule has 0 fully saturated rings. The van der Waals surface area contributed by atoms with Crippen molar-refractivity contribution in [3.63, 3.8) is 0 Å². The Bertz CT molecular complexity index is 573. The van der Waals surface area contributed by atoms with E-state index >= 15 is 0 Å². The summed E-state index contributed by atoms with van der Waals surface area (Å²) in [5, 5.41) is 6.73. The van der Waals surface area contributed by atoms with Crippen molar-refractivity contribution in [1.29, 1.82) is 0 Å². The lowest BCUT2D eigenvalue weighted by molar-refractivity contribution is 0.566. The Morgan fingerprint density at radius 3 is 2.15 bits per heavy atom. The highest BCUT2D eigenvalue weighted by molar-refractivity contribution is 7.09. The van der Waals surface area contributed by atoms with E-state index in [9.17, 15) is 0 Å². The van der Waals surface area contributed by atoms with Gasteiger partial charge in [-0.3, -0.25) is 0 Å². The Kier molecular flexibility index (Phi) is 4.31. The summed E-state index contributed by atoms with van der Waals surface area (Å²) in [5.41, 5.74) is 5.16. The highest BCUT2D eigenvalue weighted by Crippen LogP contribution is 2.30. The topological polar surface area (TPSA) is 24.9 Å². The molecule has 0 amide bonds. The molecule has 0 bridgehead atoms. The summed E-state index contributed by atoms with van der Waals surface area (Å²) in [7, 11) is 2.00. The lowest BCUT2D eigenvalue weighted by atomic mass is 9.93.